The van der Waals surface area contributed by atoms with Crippen LogP contribution in [-0.4, -0.2) is 15.4 Å². The maximum atomic E-state index is 12.3. The van der Waals surface area contributed by atoms with Crippen molar-refractivity contribution in [3.63, 3.8) is 0 Å². The van der Waals surface area contributed by atoms with E-state index in [-0.39, 0.29) is 12.2 Å². The van der Waals surface area contributed by atoms with Gasteiger partial charge in [-0.1, -0.05) is 24.3 Å². The minimum Gasteiger partial charge on any atom is -0.457 e. The summed E-state index contributed by atoms with van der Waals surface area (Å²) in [6, 6.07) is 21.1. The van der Waals surface area contributed by atoms with Gasteiger partial charge in [0.25, 0.3) is 5.56 Å². The van der Waals surface area contributed by atoms with Crippen LogP contribution in [0.4, 0.5) is 0 Å². The summed E-state index contributed by atoms with van der Waals surface area (Å²) in [4.78, 5) is 29.0. The molecule has 2 heterocycles. The molecular weight excluding hydrogens is 368 g/mol. The Kier molecular flexibility index (Phi) is 5.07. The number of fused-ring (bicyclic) bond motifs is 1. The average molecular weight is 386 g/mol. The van der Waals surface area contributed by atoms with Crippen LogP contribution in [0.5, 0.6) is 11.5 Å². The van der Waals surface area contributed by atoms with Crippen LogP contribution in [0, 0.1) is 6.92 Å². The van der Waals surface area contributed by atoms with Crippen molar-refractivity contribution in [1.29, 1.82) is 0 Å². The van der Waals surface area contributed by atoms with Gasteiger partial charge in [0.15, 0.2) is 0 Å². The predicted octanol–water partition coefficient (Wildman–Crippen LogP) is 4.15. The van der Waals surface area contributed by atoms with Crippen molar-refractivity contribution in [2.45, 2.75) is 13.5 Å². The lowest BCUT2D eigenvalue weighted by molar-refractivity contribution is 0.0467. The quantitative estimate of drug-likeness (QED) is 0.482. The number of esters is 1. The van der Waals surface area contributed by atoms with Crippen molar-refractivity contribution in [2.24, 2.45) is 0 Å². The lowest BCUT2D eigenvalue weighted by Crippen LogP contribution is -2.17. The monoisotopic (exact) mass is 386 g/mol. The number of aromatic nitrogens is 2. The van der Waals surface area contributed by atoms with Gasteiger partial charge in [0.05, 0.1) is 11.3 Å². The molecular formula is C23H18N2O4. The van der Waals surface area contributed by atoms with E-state index in [1.807, 2.05) is 43.3 Å². The SMILES string of the molecule is Cc1cccn2c(=O)cc(COC(=O)c3ccc(Oc4ccccc4)cc3)nc12. The van der Waals surface area contributed by atoms with E-state index in [1.165, 1.54) is 10.5 Å². The highest BCUT2D eigenvalue weighted by Crippen LogP contribution is 2.21. The molecule has 4 aromatic rings. The molecule has 0 saturated heterocycles. The third kappa shape index (κ3) is 4.16. The lowest BCUT2D eigenvalue weighted by atomic mass is 10.2. The van der Waals surface area contributed by atoms with Crippen LogP contribution < -0.4 is 10.3 Å². The van der Waals surface area contributed by atoms with E-state index in [0.717, 1.165) is 5.56 Å². The maximum absolute atomic E-state index is 12.3. The zero-order valence-electron chi connectivity index (χ0n) is 15.7. The first kappa shape index (κ1) is 18.4. The van der Waals surface area contributed by atoms with Gasteiger partial charge < -0.3 is 9.47 Å². The molecule has 2 aromatic heterocycles. The van der Waals surface area contributed by atoms with Crippen molar-refractivity contribution in [3.8, 4) is 11.5 Å². The van der Waals surface area contributed by atoms with E-state index in [0.29, 0.717) is 28.4 Å². The number of ether oxygens (including phenoxy) is 2. The summed E-state index contributed by atoms with van der Waals surface area (Å²) >= 11 is 0. The third-order valence-electron chi connectivity index (χ3n) is 4.36. The third-order valence-corrected chi connectivity index (χ3v) is 4.36. The molecule has 2 aromatic carbocycles. The van der Waals surface area contributed by atoms with Crippen molar-refractivity contribution >= 4 is 11.6 Å². The Morgan fingerprint density at radius 2 is 1.69 bits per heavy atom. The molecule has 0 amide bonds. The Balaban J connectivity index is 1.44. The fraction of sp³-hybridized carbons (Fsp3) is 0.0870. The second kappa shape index (κ2) is 7.98. The molecule has 29 heavy (non-hydrogen) atoms. The summed E-state index contributed by atoms with van der Waals surface area (Å²) in [5.74, 6) is 0.835. The molecule has 0 radical (unpaired) electrons. The summed E-state index contributed by atoms with van der Waals surface area (Å²) < 4.78 is 12.5. The smallest absolute Gasteiger partial charge is 0.338 e. The summed E-state index contributed by atoms with van der Waals surface area (Å²) in [6.45, 7) is 1.79. The largest absolute Gasteiger partial charge is 0.457 e. The molecule has 0 aliphatic rings. The van der Waals surface area contributed by atoms with Gasteiger partial charge >= 0.3 is 5.97 Å². The molecule has 0 fully saturated rings. The van der Waals surface area contributed by atoms with Gasteiger partial charge in [-0.05, 0) is 55.0 Å². The number of rotatable bonds is 5. The first-order chi connectivity index (χ1) is 14.1. The minimum atomic E-state index is -0.497. The topological polar surface area (TPSA) is 69.9 Å². The van der Waals surface area contributed by atoms with Crippen LogP contribution >= 0.6 is 0 Å². The van der Waals surface area contributed by atoms with Crippen molar-refractivity contribution < 1.29 is 14.3 Å². The van der Waals surface area contributed by atoms with Crippen LogP contribution in [0.25, 0.3) is 5.65 Å². The summed E-state index contributed by atoms with van der Waals surface area (Å²) in [7, 11) is 0. The van der Waals surface area contributed by atoms with Crippen molar-refractivity contribution in [3.05, 3.63) is 106 Å². The molecule has 4 rings (SSSR count). The molecule has 0 N–H and O–H groups in total. The number of benzene rings is 2. The molecule has 6 heteroatoms. The number of hydrogen-bond acceptors (Lipinski definition) is 5. The highest BCUT2D eigenvalue weighted by atomic mass is 16.5. The first-order valence-electron chi connectivity index (χ1n) is 9.08. The summed E-state index contributed by atoms with van der Waals surface area (Å²) in [6.07, 6.45) is 1.66. The second-order valence-corrected chi connectivity index (χ2v) is 6.49. The standard InChI is InChI=1S/C23H18N2O4/c1-16-6-5-13-25-21(26)14-18(24-22(16)25)15-28-23(27)17-9-11-20(12-10-17)29-19-7-3-2-4-8-19/h2-14H,15H2,1H3. The van der Waals surface area contributed by atoms with Crippen molar-refractivity contribution in [1.82, 2.24) is 9.38 Å². The molecule has 0 atom stereocenters. The van der Waals surface area contributed by atoms with Gasteiger partial charge in [-0.15, -0.1) is 0 Å². The van der Waals surface area contributed by atoms with Crippen LogP contribution in [0.15, 0.2) is 83.8 Å². The first-order valence-corrected chi connectivity index (χ1v) is 9.08. The zero-order valence-corrected chi connectivity index (χ0v) is 15.7. The highest BCUT2D eigenvalue weighted by molar-refractivity contribution is 5.89. The molecule has 0 unspecified atom stereocenters. The number of carbonyl (C=O) groups excluding carboxylic acids is 1. The Morgan fingerprint density at radius 1 is 0.966 bits per heavy atom. The number of aryl methyl sites for hydroxylation is 1. The van der Waals surface area contributed by atoms with E-state index >= 15 is 0 Å². The molecule has 144 valence electrons. The van der Waals surface area contributed by atoms with Gasteiger partial charge in [0.2, 0.25) is 0 Å². The van der Waals surface area contributed by atoms with Crippen LogP contribution in [0.2, 0.25) is 0 Å². The van der Waals surface area contributed by atoms with Crippen LogP contribution in [0.1, 0.15) is 21.6 Å². The second-order valence-electron chi connectivity index (χ2n) is 6.49. The van der Waals surface area contributed by atoms with E-state index in [9.17, 15) is 9.59 Å². The van der Waals surface area contributed by atoms with Gasteiger partial charge in [-0.3, -0.25) is 9.20 Å². The molecule has 0 spiro atoms. The average Bonchev–Trinajstić information content (AvgIpc) is 2.74. The van der Waals surface area contributed by atoms with E-state index in [2.05, 4.69) is 4.98 Å². The van der Waals surface area contributed by atoms with Crippen LogP contribution in [-0.2, 0) is 11.3 Å². The number of pyridine rings is 1. The summed E-state index contributed by atoms with van der Waals surface area (Å²) in [5.41, 5.74) is 1.99. The van der Waals surface area contributed by atoms with Crippen molar-refractivity contribution in [2.75, 3.05) is 0 Å². The Labute approximate surface area is 167 Å². The van der Waals surface area contributed by atoms with Gasteiger partial charge in [-0.2, -0.15) is 0 Å². The highest BCUT2D eigenvalue weighted by Gasteiger charge is 2.10. The Bertz CT molecular complexity index is 1220. The fourth-order valence-corrected chi connectivity index (χ4v) is 2.89. The normalized spacial score (nSPS) is 10.7. The number of hydrogen-bond donors (Lipinski definition) is 0. The molecule has 0 bridgehead atoms. The van der Waals surface area contributed by atoms with Gasteiger partial charge in [-0.25, -0.2) is 9.78 Å². The zero-order chi connectivity index (χ0) is 20.2. The molecule has 0 aliphatic heterocycles. The summed E-state index contributed by atoms with van der Waals surface area (Å²) in [5, 5.41) is 0. The number of carbonyl (C=O) groups is 1. The van der Waals surface area contributed by atoms with E-state index in [1.54, 1.807) is 36.5 Å². The molecule has 6 nitrogen and oxygen atoms in total. The number of para-hydroxylation sites is 1. The molecule has 0 aliphatic carbocycles. The Hall–Kier alpha value is -3.93. The van der Waals surface area contributed by atoms with Gasteiger partial charge in [0, 0.05) is 12.3 Å². The maximum Gasteiger partial charge on any atom is 0.338 e. The Morgan fingerprint density at radius 3 is 2.45 bits per heavy atom. The predicted molar refractivity (Wildman–Crippen MR) is 108 cm³/mol. The lowest BCUT2D eigenvalue weighted by Gasteiger charge is -2.08. The number of nitrogens with zero attached hydrogens (tertiary/aromatic N) is 2. The molecule has 0 saturated carbocycles. The minimum absolute atomic E-state index is 0.0822. The van der Waals surface area contributed by atoms with E-state index in [4.69, 9.17) is 9.47 Å². The van der Waals surface area contributed by atoms with Crippen LogP contribution in [0.3, 0.4) is 0 Å². The fourth-order valence-electron chi connectivity index (χ4n) is 2.89. The van der Waals surface area contributed by atoms with Gasteiger partial charge in [0.1, 0.15) is 23.8 Å². The van der Waals surface area contributed by atoms with E-state index < -0.39 is 5.97 Å².